The third-order valence-corrected chi connectivity index (χ3v) is 9.91. The molecule has 3 aliphatic rings. The van der Waals surface area contributed by atoms with Gasteiger partial charge in [0.05, 0.1) is 10.3 Å². The summed E-state index contributed by atoms with van der Waals surface area (Å²) in [5.74, 6) is 1.72. The summed E-state index contributed by atoms with van der Waals surface area (Å²) in [7, 11) is -3.51. The van der Waals surface area contributed by atoms with Gasteiger partial charge in [-0.25, -0.2) is 8.42 Å². The Morgan fingerprint density at radius 1 is 1.00 bits per heavy atom. The standard InChI is InChI=1S/C30H32N2O5S/c1-20-4-3-15-32(18-20)38(34,35)25-10-6-22(7-11-25)26-17-24(9-5-21(26)2)31-29(33)30(13-14-30)23-8-12-27-28(16-23)37-19-36-27/h5-12,16-17,20H,3-4,13-15,18-19H2,1-2H3,(H,31,33). The van der Waals surface area contributed by atoms with Crippen LogP contribution in [-0.2, 0) is 20.2 Å². The number of hydrogen-bond donors (Lipinski definition) is 1. The zero-order chi connectivity index (χ0) is 26.5. The highest BCUT2D eigenvalue weighted by Gasteiger charge is 2.51. The molecule has 1 N–H and O–H groups in total. The molecular weight excluding hydrogens is 500 g/mol. The van der Waals surface area contributed by atoms with Gasteiger partial charge >= 0.3 is 0 Å². The van der Waals surface area contributed by atoms with Crippen LogP contribution in [0, 0.1) is 12.8 Å². The molecule has 7 nitrogen and oxygen atoms in total. The molecule has 2 heterocycles. The summed E-state index contributed by atoms with van der Waals surface area (Å²) in [5.41, 5.74) is 3.98. The van der Waals surface area contributed by atoms with E-state index in [1.54, 1.807) is 16.4 Å². The van der Waals surface area contributed by atoms with Gasteiger partial charge in [0.1, 0.15) is 0 Å². The summed E-state index contributed by atoms with van der Waals surface area (Å²) < 4.78 is 38.9. The number of aryl methyl sites for hydroxylation is 1. The SMILES string of the molecule is Cc1ccc(NC(=O)C2(c3ccc4c(c3)OCO4)CC2)cc1-c1ccc(S(=O)(=O)N2CCCC(C)C2)cc1. The number of benzene rings is 3. The van der Waals surface area contributed by atoms with Crippen LogP contribution < -0.4 is 14.8 Å². The number of sulfonamides is 1. The first kappa shape index (κ1) is 24.9. The van der Waals surface area contributed by atoms with E-state index in [4.69, 9.17) is 9.47 Å². The van der Waals surface area contributed by atoms with E-state index in [-0.39, 0.29) is 12.7 Å². The minimum absolute atomic E-state index is 0.0385. The summed E-state index contributed by atoms with van der Waals surface area (Å²) >= 11 is 0. The van der Waals surface area contributed by atoms with Crippen LogP contribution in [0.4, 0.5) is 5.69 Å². The Kier molecular flexibility index (Phi) is 6.19. The number of amides is 1. The second-order valence-corrected chi connectivity index (χ2v) is 12.7. The molecule has 1 saturated heterocycles. The molecule has 0 radical (unpaired) electrons. The smallest absolute Gasteiger partial charge is 0.243 e. The molecule has 1 atom stereocenters. The molecule has 3 aromatic carbocycles. The van der Waals surface area contributed by atoms with Gasteiger partial charge in [-0.05, 0) is 97.2 Å². The third-order valence-electron chi connectivity index (χ3n) is 8.03. The van der Waals surface area contributed by atoms with Crippen molar-refractivity contribution < 1.29 is 22.7 Å². The van der Waals surface area contributed by atoms with Gasteiger partial charge in [0.2, 0.25) is 22.7 Å². The van der Waals surface area contributed by atoms with Crippen LogP contribution in [0.5, 0.6) is 11.5 Å². The van der Waals surface area contributed by atoms with Gasteiger partial charge in [-0.3, -0.25) is 4.79 Å². The molecule has 6 rings (SSSR count). The van der Waals surface area contributed by atoms with Gasteiger partial charge in [-0.2, -0.15) is 4.31 Å². The first-order valence-electron chi connectivity index (χ1n) is 13.2. The molecule has 2 fully saturated rings. The lowest BCUT2D eigenvalue weighted by atomic mass is 9.94. The molecule has 3 aromatic rings. The lowest BCUT2D eigenvalue weighted by Crippen LogP contribution is -2.39. The predicted octanol–water partition coefficient (Wildman–Crippen LogP) is 5.48. The number of anilines is 1. The average Bonchev–Trinajstić information content (AvgIpc) is 3.60. The highest BCUT2D eigenvalue weighted by Crippen LogP contribution is 2.51. The van der Waals surface area contributed by atoms with Crippen LogP contribution in [0.25, 0.3) is 11.1 Å². The van der Waals surface area contributed by atoms with Crippen molar-refractivity contribution in [2.45, 2.75) is 49.8 Å². The molecule has 1 aliphatic carbocycles. The van der Waals surface area contributed by atoms with Crippen molar-refractivity contribution in [2.75, 3.05) is 25.2 Å². The Labute approximate surface area is 223 Å². The molecule has 0 aromatic heterocycles. The quantitative estimate of drug-likeness (QED) is 0.454. The van der Waals surface area contributed by atoms with Crippen LogP contribution in [0.2, 0.25) is 0 Å². The Balaban J connectivity index is 1.21. The highest BCUT2D eigenvalue weighted by atomic mass is 32.2. The Bertz CT molecular complexity index is 1500. The Hall–Kier alpha value is -3.36. The molecule has 8 heteroatoms. The van der Waals surface area contributed by atoms with E-state index in [9.17, 15) is 13.2 Å². The van der Waals surface area contributed by atoms with Crippen molar-refractivity contribution in [1.29, 1.82) is 0 Å². The summed E-state index contributed by atoms with van der Waals surface area (Å²) in [6, 6.07) is 18.6. The number of nitrogens with zero attached hydrogens (tertiary/aromatic N) is 1. The van der Waals surface area contributed by atoms with Gasteiger partial charge in [0, 0.05) is 18.8 Å². The zero-order valence-corrected chi connectivity index (χ0v) is 22.5. The minimum atomic E-state index is -3.51. The maximum Gasteiger partial charge on any atom is 0.243 e. The van der Waals surface area contributed by atoms with E-state index in [0.29, 0.717) is 41.1 Å². The number of carbonyl (C=O) groups is 1. The Morgan fingerprint density at radius 2 is 1.76 bits per heavy atom. The first-order valence-corrected chi connectivity index (χ1v) is 14.6. The molecule has 198 valence electrons. The fourth-order valence-corrected chi connectivity index (χ4v) is 7.15. The number of nitrogens with one attached hydrogen (secondary N) is 1. The normalized spacial score (nSPS) is 20.2. The van der Waals surface area contributed by atoms with Crippen LogP contribution in [-0.4, -0.2) is 38.5 Å². The van der Waals surface area contributed by atoms with E-state index in [0.717, 1.165) is 47.9 Å². The monoisotopic (exact) mass is 532 g/mol. The number of rotatable bonds is 6. The third kappa shape index (κ3) is 4.46. The second-order valence-electron chi connectivity index (χ2n) is 10.8. The van der Waals surface area contributed by atoms with E-state index in [1.807, 2.05) is 55.5 Å². The van der Waals surface area contributed by atoms with Crippen molar-refractivity contribution in [2.24, 2.45) is 5.92 Å². The average molecular weight is 533 g/mol. The number of fused-ring (bicyclic) bond motifs is 1. The van der Waals surface area contributed by atoms with Gasteiger partial charge < -0.3 is 14.8 Å². The largest absolute Gasteiger partial charge is 0.454 e. The molecule has 0 spiro atoms. The van der Waals surface area contributed by atoms with E-state index >= 15 is 0 Å². The number of hydrogen-bond acceptors (Lipinski definition) is 5. The van der Waals surface area contributed by atoms with E-state index in [1.165, 1.54) is 0 Å². The van der Waals surface area contributed by atoms with Crippen molar-refractivity contribution in [3.63, 3.8) is 0 Å². The lowest BCUT2D eigenvalue weighted by Gasteiger charge is -2.30. The Morgan fingerprint density at radius 3 is 2.50 bits per heavy atom. The maximum absolute atomic E-state index is 13.4. The van der Waals surface area contributed by atoms with Gasteiger partial charge in [-0.1, -0.05) is 31.2 Å². The summed E-state index contributed by atoms with van der Waals surface area (Å²) in [6.07, 6.45) is 3.52. The number of piperidine rings is 1. The molecular formula is C30H32N2O5S. The zero-order valence-electron chi connectivity index (χ0n) is 21.7. The van der Waals surface area contributed by atoms with Crippen LogP contribution >= 0.6 is 0 Å². The van der Waals surface area contributed by atoms with Crippen LogP contribution in [0.1, 0.15) is 43.7 Å². The van der Waals surface area contributed by atoms with Crippen molar-refractivity contribution in [3.05, 3.63) is 71.8 Å². The maximum atomic E-state index is 13.4. The first-order chi connectivity index (χ1) is 18.3. The number of carbonyl (C=O) groups excluding carboxylic acids is 1. The minimum Gasteiger partial charge on any atom is -0.454 e. The number of ether oxygens (including phenoxy) is 2. The van der Waals surface area contributed by atoms with Crippen LogP contribution in [0.15, 0.2) is 65.6 Å². The molecule has 1 amide bonds. The lowest BCUT2D eigenvalue weighted by molar-refractivity contribution is -0.118. The summed E-state index contributed by atoms with van der Waals surface area (Å²) in [5, 5.41) is 3.12. The molecule has 1 saturated carbocycles. The summed E-state index contributed by atoms with van der Waals surface area (Å²) in [6.45, 7) is 5.45. The fraction of sp³-hybridized carbons (Fsp3) is 0.367. The molecule has 2 aliphatic heterocycles. The molecule has 0 bridgehead atoms. The van der Waals surface area contributed by atoms with Crippen molar-refractivity contribution in [1.82, 2.24) is 4.31 Å². The summed E-state index contributed by atoms with van der Waals surface area (Å²) in [4.78, 5) is 13.7. The highest BCUT2D eigenvalue weighted by molar-refractivity contribution is 7.89. The molecule has 1 unspecified atom stereocenters. The van der Waals surface area contributed by atoms with Gasteiger partial charge in [-0.15, -0.1) is 0 Å². The van der Waals surface area contributed by atoms with E-state index < -0.39 is 15.4 Å². The van der Waals surface area contributed by atoms with Gasteiger partial charge in [0.25, 0.3) is 0 Å². The van der Waals surface area contributed by atoms with Gasteiger partial charge in [0.15, 0.2) is 11.5 Å². The second kappa shape index (κ2) is 9.43. The van der Waals surface area contributed by atoms with E-state index in [2.05, 4.69) is 12.2 Å². The van der Waals surface area contributed by atoms with Crippen LogP contribution in [0.3, 0.4) is 0 Å². The topological polar surface area (TPSA) is 84.9 Å². The fourth-order valence-electron chi connectivity index (χ4n) is 5.55. The van der Waals surface area contributed by atoms with Crippen molar-refractivity contribution in [3.8, 4) is 22.6 Å². The van der Waals surface area contributed by atoms with Crippen molar-refractivity contribution >= 4 is 21.6 Å². The molecule has 38 heavy (non-hydrogen) atoms. The predicted molar refractivity (Wildman–Crippen MR) is 146 cm³/mol.